The number of hydrogen-bond donors (Lipinski definition) is 2. The maximum absolute atomic E-state index is 12.1. The number of fused-ring (bicyclic) bond motifs is 1. The van der Waals surface area contributed by atoms with Gasteiger partial charge in [0, 0.05) is 0 Å². The highest BCUT2D eigenvalue weighted by Crippen LogP contribution is 2.29. The van der Waals surface area contributed by atoms with E-state index in [0.717, 1.165) is 24.8 Å². The first-order chi connectivity index (χ1) is 11.6. The van der Waals surface area contributed by atoms with Crippen LogP contribution in [0.5, 0.6) is 5.75 Å². The van der Waals surface area contributed by atoms with Crippen LogP contribution in [-0.2, 0) is 16.0 Å². The Bertz CT molecular complexity index is 757. The zero-order valence-electron chi connectivity index (χ0n) is 13.2. The fourth-order valence-electron chi connectivity index (χ4n) is 2.99. The van der Waals surface area contributed by atoms with Crippen molar-refractivity contribution in [2.45, 2.75) is 25.3 Å². The number of phenolic OH excluding ortho intramolecular Hbond substituents is 1. The number of benzene rings is 2. The molecule has 2 aromatic rings. The second-order valence-corrected chi connectivity index (χ2v) is 5.80. The average molecular weight is 325 g/mol. The van der Waals surface area contributed by atoms with Crippen LogP contribution < -0.4 is 5.32 Å². The van der Waals surface area contributed by atoms with Crippen LogP contribution in [0.1, 0.15) is 40.4 Å². The van der Waals surface area contributed by atoms with E-state index >= 15 is 0 Å². The molecule has 3 rings (SSSR count). The SMILES string of the molecule is O=C(COC(=O)c1ccccc1O)N[C@@H]1CCCc2ccccc21. The van der Waals surface area contributed by atoms with Gasteiger partial charge in [-0.15, -0.1) is 0 Å². The second-order valence-electron chi connectivity index (χ2n) is 5.80. The van der Waals surface area contributed by atoms with E-state index in [4.69, 9.17) is 4.74 Å². The van der Waals surface area contributed by atoms with Crippen LogP contribution in [-0.4, -0.2) is 23.6 Å². The molecule has 0 aliphatic heterocycles. The summed E-state index contributed by atoms with van der Waals surface area (Å²) >= 11 is 0. The number of carbonyl (C=O) groups is 2. The molecule has 0 fully saturated rings. The molecule has 5 nitrogen and oxygen atoms in total. The molecule has 1 atom stereocenters. The molecule has 2 aromatic carbocycles. The third-order valence-electron chi connectivity index (χ3n) is 4.16. The molecule has 0 spiro atoms. The number of para-hydroxylation sites is 1. The number of hydrogen-bond acceptors (Lipinski definition) is 4. The zero-order chi connectivity index (χ0) is 16.9. The van der Waals surface area contributed by atoms with E-state index in [1.807, 2.05) is 18.2 Å². The molecule has 1 aliphatic carbocycles. The molecule has 0 saturated heterocycles. The predicted octanol–water partition coefficient (Wildman–Crippen LogP) is 2.74. The van der Waals surface area contributed by atoms with Crippen LogP contribution in [0.15, 0.2) is 48.5 Å². The summed E-state index contributed by atoms with van der Waals surface area (Å²) in [5.74, 6) is -1.23. The van der Waals surface area contributed by atoms with Gasteiger partial charge in [-0.05, 0) is 42.5 Å². The highest BCUT2D eigenvalue weighted by atomic mass is 16.5. The standard InChI is InChI=1S/C19H19NO4/c21-17-11-4-3-9-15(17)19(23)24-12-18(22)20-16-10-5-7-13-6-1-2-8-14(13)16/h1-4,6,8-9,11,16,21H,5,7,10,12H2,(H,20,22)/t16-/m1/s1. The normalized spacial score (nSPS) is 16.1. The van der Waals surface area contributed by atoms with Crippen LogP contribution in [0.3, 0.4) is 0 Å². The van der Waals surface area contributed by atoms with Gasteiger partial charge in [-0.2, -0.15) is 0 Å². The number of ether oxygens (including phenoxy) is 1. The summed E-state index contributed by atoms with van der Waals surface area (Å²) in [6.07, 6.45) is 2.90. The lowest BCUT2D eigenvalue weighted by Gasteiger charge is -2.26. The Morgan fingerprint density at radius 1 is 1.12 bits per heavy atom. The fraction of sp³-hybridized carbons (Fsp3) is 0.263. The first kappa shape index (κ1) is 16.1. The first-order valence-corrected chi connectivity index (χ1v) is 7.97. The average Bonchev–Trinajstić information content (AvgIpc) is 2.60. The number of aromatic hydroxyl groups is 1. The lowest BCUT2D eigenvalue weighted by atomic mass is 9.88. The lowest BCUT2D eigenvalue weighted by Crippen LogP contribution is -2.34. The van der Waals surface area contributed by atoms with Crippen molar-refractivity contribution in [3.05, 3.63) is 65.2 Å². The van der Waals surface area contributed by atoms with Crippen LogP contribution in [0.4, 0.5) is 0 Å². The molecular formula is C19H19NO4. The number of carbonyl (C=O) groups excluding carboxylic acids is 2. The lowest BCUT2D eigenvalue weighted by molar-refractivity contribution is -0.125. The Labute approximate surface area is 140 Å². The van der Waals surface area contributed by atoms with Crippen LogP contribution >= 0.6 is 0 Å². The van der Waals surface area contributed by atoms with Gasteiger partial charge in [0.15, 0.2) is 6.61 Å². The van der Waals surface area contributed by atoms with Crippen LogP contribution in [0.25, 0.3) is 0 Å². The number of rotatable bonds is 4. The summed E-state index contributed by atoms with van der Waals surface area (Å²) < 4.78 is 4.99. The van der Waals surface area contributed by atoms with Gasteiger partial charge in [0.05, 0.1) is 6.04 Å². The van der Waals surface area contributed by atoms with Gasteiger partial charge < -0.3 is 15.2 Å². The van der Waals surface area contributed by atoms with E-state index in [9.17, 15) is 14.7 Å². The van der Waals surface area contributed by atoms with E-state index in [1.54, 1.807) is 12.1 Å². The van der Waals surface area contributed by atoms with Crippen molar-refractivity contribution in [1.82, 2.24) is 5.32 Å². The molecular weight excluding hydrogens is 306 g/mol. The maximum atomic E-state index is 12.1. The van der Waals surface area contributed by atoms with Gasteiger partial charge in [-0.25, -0.2) is 4.79 Å². The summed E-state index contributed by atoms with van der Waals surface area (Å²) in [5.41, 5.74) is 2.43. The Balaban J connectivity index is 1.57. The van der Waals surface area contributed by atoms with E-state index in [2.05, 4.69) is 11.4 Å². The number of nitrogens with one attached hydrogen (secondary N) is 1. The minimum absolute atomic E-state index is 0.0494. The van der Waals surface area contributed by atoms with Crippen molar-refractivity contribution in [1.29, 1.82) is 0 Å². The van der Waals surface area contributed by atoms with E-state index < -0.39 is 5.97 Å². The smallest absolute Gasteiger partial charge is 0.342 e. The van der Waals surface area contributed by atoms with Crippen molar-refractivity contribution in [2.75, 3.05) is 6.61 Å². The Hall–Kier alpha value is -2.82. The molecule has 0 heterocycles. The number of esters is 1. The molecule has 0 saturated carbocycles. The summed E-state index contributed by atoms with van der Waals surface area (Å²) in [7, 11) is 0. The summed E-state index contributed by atoms with van der Waals surface area (Å²) in [5, 5.41) is 12.5. The molecule has 0 bridgehead atoms. The maximum Gasteiger partial charge on any atom is 0.342 e. The van der Waals surface area contributed by atoms with Crippen LogP contribution in [0.2, 0.25) is 0 Å². The van der Waals surface area contributed by atoms with E-state index in [0.29, 0.717) is 0 Å². The van der Waals surface area contributed by atoms with Gasteiger partial charge in [-0.1, -0.05) is 36.4 Å². The quantitative estimate of drug-likeness (QED) is 0.848. The van der Waals surface area contributed by atoms with Gasteiger partial charge in [0.25, 0.3) is 5.91 Å². The minimum Gasteiger partial charge on any atom is -0.507 e. The van der Waals surface area contributed by atoms with Gasteiger partial charge in [0.2, 0.25) is 0 Å². The molecule has 24 heavy (non-hydrogen) atoms. The van der Waals surface area contributed by atoms with Gasteiger partial charge >= 0.3 is 5.97 Å². The fourth-order valence-corrected chi connectivity index (χ4v) is 2.99. The molecule has 0 aromatic heterocycles. The molecule has 5 heteroatoms. The molecule has 2 N–H and O–H groups in total. The van der Waals surface area contributed by atoms with E-state index in [1.165, 1.54) is 17.7 Å². The summed E-state index contributed by atoms with van der Waals surface area (Å²) in [4.78, 5) is 24.0. The van der Waals surface area contributed by atoms with Crippen LogP contribution in [0, 0.1) is 0 Å². The molecule has 1 amide bonds. The zero-order valence-corrected chi connectivity index (χ0v) is 13.2. The number of phenols is 1. The number of amides is 1. The third-order valence-corrected chi connectivity index (χ3v) is 4.16. The molecule has 0 unspecified atom stereocenters. The van der Waals surface area contributed by atoms with Gasteiger partial charge in [0.1, 0.15) is 11.3 Å². The largest absolute Gasteiger partial charge is 0.507 e. The monoisotopic (exact) mass is 325 g/mol. The highest BCUT2D eigenvalue weighted by molar-refractivity contribution is 5.93. The second kappa shape index (κ2) is 7.17. The van der Waals surface area contributed by atoms with Crippen molar-refractivity contribution in [3.63, 3.8) is 0 Å². The number of aryl methyl sites for hydroxylation is 1. The summed E-state index contributed by atoms with van der Waals surface area (Å²) in [6.45, 7) is -0.369. The van der Waals surface area contributed by atoms with Crippen molar-refractivity contribution >= 4 is 11.9 Å². The Morgan fingerprint density at radius 3 is 2.71 bits per heavy atom. The first-order valence-electron chi connectivity index (χ1n) is 7.97. The molecule has 1 aliphatic rings. The Morgan fingerprint density at radius 2 is 1.88 bits per heavy atom. The van der Waals surface area contributed by atoms with Crippen molar-refractivity contribution in [3.8, 4) is 5.75 Å². The topological polar surface area (TPSA) is 75.6 Å². The third kappa shape index (κ3) is 3.56. The van der Waals surface area contributed by atoms with Gasteiger partial charge in [-0.3, -0.25) is 4.79 Å². The Kier molecular flexibility index (Phi) is 4.79. The minimum atomic E-state index is -0.715. The summed E-state index contributed by atoms with van der Waals surface area (Å²) in [6, 6.07) is 14.1. The predicted molar refractivity (Wildman–Crippen MR) is 88.7 cm³/mol. The van der Waals surface area contributed by atoms with Crippen molar-refractivity contribution < 1.29 is 19.4 Å². The molecule has 124 valence electrons. The molecule has 0 radical (unpaired) electrons. The van der Waals surface area contributed by atoms with Crippen molar-refractivity contribution in [2.24, 2.45) is 0 Å². The highest BCUT2D eigenvalue weighted by Gasteiger charge is 2.22. The van der Waals surface area contributed by atoms with E-state index in [-0.39, 0.29) is 29.9 Å².